The molecule has 0 unspecified atom stereocenters. The van der Waals surface area contributed by atoms with Gasteiger partial charge in [-0.1, -0.05) is 32.0 Å². The van der Waals surface area contributed by atoms with Gasteiger partial charge in [-0.2, -0.15) is 0 Å². The largest absolute Gasteiger partial charge is 0.381 e. The molecule has 2 rings (SSSR count). The molecule has 3 heteroatoms. The van der Waals surface area contributed by atoms with E-state index in [0.717, 1.165) is 31.7 Å². The lowest BCUT2D eigenvalue weighted by Gasteiger charge is -2.43. The van der Waals surface area contributed by atoms with E-state index in [-0.39, 0.29) is 11.2 Å². The van der Waals surface area contributed by atoms with Gasteiger partial charge in [0.25, 0.3) is 0 Å². The van der Waals surface area contributed by atoms with Crippen molar-refractivity contribution in [2.45, 2.75) is 25.7 Å². The molecule has 1 aliphatic rings. The van der Waals surface area contributed by atoms with Crippen molar-refractivity contribution in [3.63, 3.8) is 0 Å². The first-order chi connectivity index (χ1) is 8.64. The summed E-state index contributed by atoms with van der Waals surface area (Å²) in [4.78, 5) is 0. The van der Waals surface area contributed by atoms with Crippen LogP contribution in [0.25, 0.3) is 0 Å². The van der Waals surface area contributed by atoms with Gasteiger partial charge in [0.15, 0.2) is 0 Å². The lowest BCUT2D eigenvalue weighted by atomic mass is 9.72. The minimum atomic E-state index is -0.0946. The van der Waals surface area contributed by atoms with Gasteiger partial charge in [0, 0.05) is 31.7 Å². The second-order valence-electron chi connectivity index (χ2n) is 5.58. The van der Waals surface area contributed by atoms with Crippen molar-refractivity contribution in [1.82, 2.24) is 5.32 Å². The van der Waals surface area contributed by atoms with E-state index in [4.69, 9.17) is 4.74 Å². The van der Waals surface area contributed by atoms with Crippen LogP contribution in [0.2, 0.25) is 0 Å². The van der Waals surface area contributed by atoms with Crippen LogP contribution in [0.3, 0.4) is 0 Å². The van der Waals surface area contributed by atoms with Gasteiger partial charge in [-0.05, 0) is 24.0 Å². The third-order valence-electron chi connectivity index (χ3n) is 3.55. The zero-order chi connectivity index (χ0) is 13.0. The Morgan fingerprint density at radius 2 is 2.06 bits per heavy atom. The predicted octanol–water partition coefficient (Wildman–Crippen LogP) is 2.73. The molecule has 1 N–H and O–H groups in total. The molecule has 1 aromatic carbocycles. The highest BCUT2D eigenvalue weighted by Gasteiger charge is 2.39. The number of ether oxygens (including phenoxy) is 1. The fraction of sp³-hybridized carbons (Fsp3) is 0.600. The van der Waals surface area contributed by atoms with Crippen LogP contribution in [-0.2, 0) is 10.2 Å². The van der Waals surface area contributed by atoms with Gasteiger partial charge in [-0.3, -0.25) is 0 Å². The molecule has 2 nitrogen and oxygen atoms in total. The molecule has 18 heavy (non-hydrogen) atoms. The molecule has 0 spiro atoms. The maximum absolute atomic E-state index is 13.9. The van der Waals surface area contributed by atoms with Gasteiger partial charge in [0.1, 0.15) is 5.82 Å². The molecule has 0 aromatic heterocycles. The highest BCUT2D eigenvalue weighted by Crippen LogP contribution is 2.33. The Kier molecular flexibility index (Phi) is 4.36. The van der Waals surface area contributed by atoms with E-state index in [2.05, 4.69) is 19.2 Å². The van der Waals surface area contributed by atoms with E-state index >= 15 is 0 Å². The fourth-order valence-corrected chi connectivity index (χ4v) is 2.41. The van der Waals surface area contributed by atoms with Crippen molar-refractivity contribution in [2.75, 3.05) is 26.3 Å². The highest BCUT2D eigenvalue weighted by molar-refractivity contribution is 5.31. The predicted molar refractivity (Wildman–Crippen MR) is 71.2 cm³/mol. The smallest absolute Gasteiger partial charge is 0.127 e. The number of rotatable bonds is 6. The van der Waals surface area contributed by atoms with Crippen LogP contribution in [0.15, 0.2) is 24.3 Å². The van der Waals surface area contributed by atoms with Crippen LogP contribution in [0, 0.1) is 11.7 Å². The Labute approximate surface area is 109 Å². The summed E-state index contributed by atoms with van der Waals surface area (Å²) in [5.74, 6) is 0.455. The highest BCUT2D eigenvalue weighted by atomic mass is 19.1. The first kappa shape index (κ1) is 13.5. The van der Waals surface area contributed by atoms with Crippen LogP contribution in [-0.4, -0.2) is 26.3 Å². The molecule has 1 aromatic rings. The SMILES string of the molecule is CC(C)COCCC1(c2ccccc2F)CNC1. The van der Waals surface area contributed by atoms with E-state index in [1.165, 1.54) is 0 Å². The van der Waals surface area contributed by atoms with Crippen molar-refractivity contribution >= 4 is 0 Å². The topological polar surface area (TPSA) is 21.3 Å². The zero-order valence-electron chi connectivity index (χ0n) is 11.2. The summed E-state index contributed by atoms with van der Waals surface area (Å²) in [6, 6.07) is 7.10. The lowest BCUT2D eigenvalue weighted by molar-refractivity contribution is 0.0808. The number of hydrogen-bond donors (Lipinski definition) is 1. The molecule has 1 heterocycles. The molecule has 0 bridgehead atoms. The third kappa shape index (κ3) is 2.90. The van der Waals surface area contributed by atoms with Gasteiger partial charge >= 0.3 is 0 Å². The summed E-state index contributed by atoms with van der Waals surface area (Å²) < 4.78 is 19.5. The molecular formula is C15H22FNO. The van der Waals surface area contributed by atoms with Crippen LogP contribution in [0.1, 0.15) is 25.8 Å². The Morgan fingerprint density at radius 3 is 2.61 bits per heavy atom. The van der Waals surface area contributed by atoms with Gasteiger partial charge in [-0.25, -0.2) is 4.39 Å². The quantitative estimate of drug-likeness (QED) is 0.785. The molecule has 0 amide bonds. The molecule has 0 radical (unpaired) electrons. The fourth-order valence-electron chi connectivity index (χ4n) is 2.41. The molecule has 100 valence electrons. The first-order valence-electron chi connectivity index (χ1n) is 6.67. The standard InChI is InChI=1S/C15H22FNO/c1-12(2)9-18-8-7-15(10-17-11-15)13-5-3-4-6-14(13)16/h3-6,12,17H,7-11H2,1-2H3. The van der Waals surface area contributed by atoms with Crippen LogP contribution >= 0.6 is 0 Å². The van der Waals surface area contributed by atoms with Crippen molar-refractivity contribution in [2.24, 2.45) is 5.92 Å². The van der Waals surface area contributed by atoms with Crippen molar-refractivity contribution in [3.05, 3.63) is 35.6 Å². The monoisotopic (exact) mass is 251 g/mol. The zero-order valence-corrected chi connectivity index (χ0v) is 11.2. The second-order valence-corrected chi connectivity index (χ2v) is 5.58. The van der Waals surface area contributed by atoms with Gasteiger partial charge < -0.3 is 10.1 Å². The average Bonchev–Trinajstić information content (AvgIpc) is 2.28. The normalized spacial score (nSPS) is 17.8. The first-order valence-corrected chi connectivity index (χ1v) is 6.67. The molecule has 0 aliphatic carbocycles. The molecule has 1 saturated heterocycles. The Hall–Kier alpha value is -0.930. The van der Waals surface area contributed by atoms with Crippen LogP contribution in [0.5, 0.6) is 0 Å². The minimum absolute atomic E-state index is 0.0671. The summed E-state index contributed by atoms with van der Waals surface area (Å²) in [5, 5.41) is 3.26. The minimum Gasteiger partial charge on any atom is -0.381 e. The molecule has 0 atom stereocenters. The molecular weight excluding hydrogens is 229 g/mol. The summed E-state index contributed by atoms with van der Waals surface area (Å²) >= 11 is 0. The van der Waals surface area contributed by atoms with E-state index in [1.807, 2.05) is 12.1 Å². The summed E-state index contributed by atoms with van der Waals surface area (Å²) in [6.07, 6.45) is 0.883. The number of benzene rings is 1. The van der Waals surface area contributed by atoms with Crippen molar-refractivity contribution < 1.29 is 9.13 Å². The van der Waals surface area contributed by atoms with Gasteiger partial charge in [-0.15, -0.1) is 0 Å². The van der Waals surface area contributed by atoms with Crippen LogP contribution in [0.4, 0.5) is 4.39 Å². The Morgan fingerprint density at radius 1 is 1.33 bits per heavy atom. The Balaban J connectivity index is 1.96. The van der Waals surface area contributed by atoms with E-state index in [0.29, 0.717) is 12.5 Å². The second kappa shape index (κ2) is 5.81. The molecule has 0 saturated carbocycles. The molecule has 1 fully saturated rings. The number of hydrogen-bond acceptors (Lipinski definition) is 2. The van der Waals surface area contributed by atoms with Gasteiger partial charge in [0.05, 0.1) is 0 Å². The van der Waals surface area contributed by atoms with Crippen molar-refractivity contribution in [3.8, 4) is 0 Å². The summed E-state index contributed by atoms with van der Waals surface area (Å²) in [5.41, 5.74) is 0.763. The lowest BCUT2D eigenvalue weighted by Crippen LogP contribution is -2.57. The van der Waals surface area contributed by atoms with E-state index < -0.39 is 0 Å². The molecule has 1 aliphatic heterocycles. The van der Waals surface area contributed by atoms with Crippen LogP contribution < -0.4 is 5.32 Å². The van der Waals surface area contributed by atoms with E-state index in [9.17, 15) is 4.39 Å². The Bertz CT molecular complexity index is 388. The summed E-state index contributed by atoms with van der Waals surface area (Å²) in [7, 11) is 0. The number of halogens is 1. The number of nitrogens with one attached hydrogen (secondary N) is 1. The van der Waals surface area contributed by atoms with Crippen molar-refractivity contribution in [1.29, 1.82) is 0 Å². The third-order valence-corrected chi connectivity index (χ3v) is 3.55. The maximum atomic E-state index is 13.9. The maximum Gasteiger partial charge on any atom is 0.127 e. The van der Waals surface area contributed by atoms with Gasteiger partial charge in [0.2, 0.25) is 0 Å². The van der Waals surface area contributed by atoms with E-state index in [1.54, 1.807) is 12.1 Å². The summed E-state index contributed by atoms with van der Waals surface area (Å²) in [6.45, 7) is 7.45. The average molecular weight is 251 g/mol.